The van der Waals surface area contributed by atoms with Gasteiger partial charge >= 0.3 is 11.5 Å². The SMILES string of the molecule is CN(C)C(=N[S+](N=C(N(C)C)N(C)C)N=C(N(C)C)N(C)C)N(C)C. The number of rotatable bonds is 3. The molecule has 0 amide bonds. The Labute approximate surface area is 157 Å². The minimum absolute atomic E-state index is 0.810. The summed E-state index contributed by atoms with van der Waals surface area (Å²) in [7, 11) is 23.6. The maximum atomic E-state index is 4.80. The molecule has 0 aliphatic heterocycles. The third-order valence-electron chi connectivity index (χ3n) is 2.89. The van der Waals surface area contributed by atoms with Crippen molar-refractivity contribution in [2.24, 2.45) is 13.2 Å². The summed E-state index contributed by atoms with van der Waals surface area (Å²) in [5, 5.41) is 0. The summed E-state index contributed by atoms with van der Waals surface area (Å²) in [5.74, 6) is 2.43. The van der Waals surface area contributed by atoms with Gasteiger partial charge in [-0.15, -0.1) is 0 Å². The van der Waals surface area contributed by atoms with Gasteiger partial charge in [0.05, 0.1) is 0 Å². The molecule has 0 saturated heterocycles. The van der Waals surface area contributed by atoms with Gasteiger partial charge in [0.25, 0.3) is 17.9 Å². The Kier molecular flexibility index (Phi) is 9.47. The molecule has 0 N–H and O–H groups in total. The molecule has 0 bridgehead atoms. The highest BCUT2D eigenvalue weighted by Gasteiger charge is 2.28. The zero-order chi connectivity index (χ0) is 19.9. The van der Waals surface area contributed by atoms with E-state index in [1.54, 1.807) is 0 Å². The van der Waals surface area contributed by atoms with Crippen molar-refractivity contribution in [3.8, 4) is 0 Å². The summed E-state index contributed by atoms with van der Waals surface area (Å²) in [6.07, 6.45) is 0. The van der Waals surface area contributed by atoms with Crippen LogP contribution >= 0.6 is 0 Å². The molecule has 0 aromatic carbocycles. The van der Waals surface area contributed by atoms with Crippen molar-refractivity contribution in [1.29, 1.82) is 0 Å². The highest BCUT2D eigenvalue weighted by molar-refractivity contribution is 7.93. The average Bonchev–Trinajstić information content (AvgIpc) is 2.43. The smallest absolute Gasteiger partial charge is 0.345 e. The molecule has 0 aromatic heterocycles. The van der Waals surface area contributed by atoms with Crippen LogP contribution in [0.25, 0.3) is 0 Å². The number of hydrogen-bond donors (Lipinski definition) is 0. The van der Waals surface area contributed by atoms with Crippen LogP contribution in [0.15, 0.2) is 13.2 Å². The van der Waals surface area contributed by atoms with Crippen LogP contribution in [0.1, 0.15) is 0 Å². The molecule has 9 nitrogen and oxygen atoms in total. The van der Waals surface area contributed by atoms with Gasteiger partial charge in [0, 0.05) is 97.8 Å². The van der Waals surface area contributed by atoms with Crippen LogP contribution in [0, 0.1) is 0 Å². The third-order valence-corrected chi connectivity index (χ3v) is 3.87. The van der Waals surface area contributed by atoms with Gasteiger partial charge in [-0.2, -0.15) is 0 Å². The summed E-state index contributed by atoms with van der Waals surface area (Å²) in [6, 6.07) is 0. The lowest BCUT2D eigenvalue weighted by Crippen LogP contribution is -2.39. The molecule has 0 heterocycles. The lowest BCUT2D eigenvalue weighted by molar-refractivity contribution is 0.483. The van der Waals surface area contributed by atoms with E-state index < -0.39 is 11.5 Å². The fraction of sp³-hybridized carbons (Fsp3) is 0.800. The maximum absolute atomic E-state index is 4.80. The van der Waals surface area contributed by atoms with Gasteiger partial charge in [-0.05, 0) is 0 Å². The van der Waals surface area contributed by atoms with Crippen LogP contribution in [-0.2, 0) is 11.5 Å². The van der Waals surface area contributed by atoms with Crippen molar-refractivity contribution in [3.63, 3.8) is 0 Å². The molecule has 146 valence electrons. The molecule has 0 radical (unpaired) electrons. The first-order valence-electron chi connectivity index (χ1n) is 7.93. The van der Waals surface area contributed by atoms with Crippen LogP contribution < -0.4 is 0 Å². The lowest BCUT2D eigenvalue weighted by atomic mass is 10.7. The molecule has 25 heavy (non-hydrogen) atoms. The Bertz CT molecular complexity index is 392. The van der Waals surface area contributed by atoms with Crippen molar-refractivity contribution >= 4 is 29.3 Å². The summed E-state index contributed by atoms with van der Waals surface area (Å²) in [5.41, 5.74) is 0. The molecule has 0 aliphatic carbocycles. The van der Waals surface area contributed by atoms with Crippen molar-refractivity contribution in [3.05, 3.63) is 0 Å². The third kappa shape index (κ3) is 7.72. The van der Waals surface area contributed by atoms with E-state index in [0.29, 0.717) is 0 Å². The standard InChI is InChI=1S/C15H36N9S/c1-19(2)13(20(3)4)16-25(17-14(21(5)6)22(7)8)18-15(23(9)10)24(11)12/h1-12H3/q+1. The van der Waals surface area contributed by atoms with Crippen LogP contribution in [0.4, 0.5) is 0 Å². The fourth-order valence-electron chi connectivity index (χ4n) is 1.97. The highest BCUT2D eigenvalue weighted by atomic mass is 32.2. The molecule has 0 atom stereocenters. The molecule has 0 aromatic rings. The van der Waals surface area contributed by atoms with Gasteiger partial charge < -0.3 is 29.4 Å². The number of hydrogen-bond acceptors (Lipinski definition) is 3. The minimum atomic E-state index is -0.924. The van der Waals surface area contributed by atoms with E-state index in [2.05, 4.69) is 0 Å². The average molecular weight is 375 g/mol. The molecular formula is C15H36N9S+. The first-order valence-corrected chi connectivity index (χ1v) is 9.02. The maximum Gasteiger partial charge on any atom is 0.436 e. The number of guanidine groups is 3. The number of nitrogens with zero attached hydrogens (tertiary/aromatic N) is 9. The molecule has 10 heteroatoms. The summed E-state index contributed by atoms with van der Waals surface area (Å²) < 4.78 is 14.4. The zero-order valence-corrected chi connectivity index (χ0v) is 18.7. The molecule has 0 aliphatic rings. The minimum Gasteiger partial charge on any atom is -0.345 e. The second-order valence-electron chi connectivity index (χ2n) is 6.79. The van der Waals surface area contributed by atoms with Crippen molar-refractivity contribution < 1.29 is 0 Å². The Hall–Kier alpha value is -1.84. The van der Waals surface area contributed by atoms with Gasteiger partial charge in [-0.3, -0.25) is 0 Å². The topological polar surface area (TPSA) is 56.5 Å². The summed E-state index contributed by atoms with van der Waals surface area (Å²) in [4.78, 5) is 11.8. The second-order valence-corrected chi connectivity index (χ2v) is 7.82. The zero-order valence-electron chi connectivity index (χ0n) is 17.9. The normalized spacial score (nSPS) is 9.96. The first kappa shape index (κ1) is 23.2. The molecular weight excluding hydrogens is 338 g/mol. The van der Waals surface area contributed by atoms with Crippen molar-refractivity contribution in [1.82, 2.24) is 29.4 Å². The van der Waals surface area contributed by atoms with E-state index in [1.807, 2.05) is 114 Å². The van der Waals surface area contributed by atoms with E-state index in [9.17, 15) is 0 Å². The van der Waals surface area contributed by atoms with Gasteiger partial charge in [0.15, 0.2) is 0 Å². The molecule has 0 rings (SSSR count). The highest BCUT2D eigenvalue weighted by Crippen LogP contribution is 2.10. The van der Waals surface area contributed by atoms with Gasteiger partial charge in [-0.25, -0.2) is 0 Å². The van der Waals surface area contributed by atoms with Crippen molar-refractivity contribution in [2.75, 3.05) is 84.6 Å². The predicted molar refractivity (Wildman–Crippen MR) is 112 cm³/mol. The lowest BCUT2D eigenvalue weighted by Gasteiger charge is -2.22. The Morgan fingerprint density at radius 3 is 0.680 bits per heavy atom. The van der Waals surface area contributed by atoms with E-state index >= 15 is 0 Å². The molecule has 0 spiro atoms. The Morgan fingerprint density at radius 2 is 0.560 bits per heavy atom. The largest absolute Gasteiger partial charge is 0.436 e. The van der Waals surface area contributed by atoms with Crippen LogP contribution in [-0.4, -0.2) is 132 Å². The quantitative estimate of drug-likeness (QED) is 0.387. The van der Waals surface area contributed by atoms with E-state index in [-0.39, 0.29) is 0 Å². The van der Waals surface area contributed by atoms with Gasteiger partial charge in [-0.1, -0.05) is 0 Å². The Morgan fingerprint density at radius 1 is 0.400 bits per heavy atom. The summed E-state index contributed by atoms with van der Waals surface area (Å²) in [6.45, 7) is 0. The Balaban J connectivity index is 6.27. The van der Waals surface area contributed by atoms with Crippen LogP contribution in [0.3, 0.4) is 0 Å². The van der Waals surface area contributed by atoms with E-state index in [1.165, 1.54) is 0 Å². The van der Waals surface area contributed by atoms with Crippen LogP contribution in [0.2, 0.25) is 0 Å². The monoisotopic (exact) mass is 374 g/mol. The van der Waals surface area contributed by atoms with Gasteiger partial charge in [0.1, 0.15) is 0 Å². The van der Waals surface area contributed by atoms with E-state index in [0.717, 1.165) is 17.9 Å². The predicted octanol–water partition coefficient (Wildman–Crippen LogP) is -0.213. The van der Waals surface area contributed by atoms with E-state index in [4.69, 9.17) is 13.2 Å². The summed E-state index contributed by atoms with van der Waals surface area (Å²) >= 11 is -0.924. The second kappa shape index (κ2) is 10.2. The first-order chi connectivity index (χ1) is 11.4. The molecule has 0 unspecified atom stereocenters. The molecule has 0 saturated carbocycles. The van der Waals surface area contributed by atoms with Gasteiger partial charge in [0.2, 0.25) is 0 Å². The van der Waals surface area contributed by atoms with Crippen LogP contribution in [0.5, 0.6) is 0 Å². The van der Waals surface area contributed by atoms with Crippen molar-refractivity contribution in [2.45, 2.75) is 0 Å². The molecule has 0 fully saturated rings. The fourth-order valence-corrected chi connectivity index (χ4v) is 3.51.